The minimum absolute atomic E-state index is 0.295. The molecular formula is C15H12ClN5O2. The zero-order chi connectivity index (χ0) is 16.2. The fraction of sp³-hybridized carbons (Fsp3) is 0.0667. The number of anilines is 1. The highest BCUT2D eigenvalue weighted by molar-refractivity contribution is 6.31. The van der Waals surface area contributed by atoms with Crippen LogP contribution in [0.1, 0.15) is 10.4 Å². The number of aromatic nitrogens is 4. The predicted octanol–water partition coefficient (Wildman–Crippen LogP) is 2.78. The van der Waals surface area contributed by atoms with Gasteiger partial charge >= 0.3 is 0 Å². The van der Waals surface area contributed by atoms with Crippen molar-refractivity contribution in [1.29, 1.82) is 0 Å². The molecule has 0 radical (unpaired) electrons. The van der Waals surface area contributed by atoms with Crippen LogP contribution in [0.2, 0.25) is 5.02 Å². The van der Waals surface area contributed by atoms with Crippen molar-refractivity contribution < 1.29 is 9.53 Å². The number of benzene rings is 2. The van der Waals surface area contributed by atoms with Crippen molar-refractivity contribution in [3.63, 3.8) is 0 Å². The van der Waals surface area contributed by atoms with Crippen LogP contribution in [-0.2, 0) is 0 Å². The molecule has 0 saturated carbocycles. The van der Waals surface area contributed by atoms with Gasteiger partial charge in [0, 0.05) is 16.1 Å². The Balaban J connectivity index is 1.93. The lowest BCUT2D eigenvalue weighted by atomic mass is 10.1. The van der Waals surface area contributed by atoms with Gasteiger partial charge in [0.05, 0.1) is 12.8 Å². The zero-order valence-electron chi connectivity index (χ0n) is 12.1. The summed E-state index contributed by atoms with van der Waals surface area (Å²) in [7, 11) is 1.54. The highest BCUT2D eigenvalue weighted by Gasteiger charge is 2.14. The molecule has 0 aliphatic rings. The molecule has 3 rings (SSSR count). The summed E-state index contributed by atoms with van der Waals surface area (Å²) in [6, 6.07) is 11.9. The lowest BCUT2D eigenvalue weighted by molar-refractivity contribution is 0.102. The number of H-pyrrole nitrogens is 1. The Bertz CT molecular complexity index is 836. The Morgan fingerprint density at radius 1 is 1.26 bits per heavy atom. The average Bonchev–Trinajstić information content (AvgIpc) is 3.09. The number of hydrogen-bond donors (Lipinski definition) is 2. The van der Waals surface area contributed by atoms with Crippen molar-refractivity contribution in [2.24, 2.45) is 0 Å². The van der Waals surface area contributed by atoms with Crippen molar-refractivity contribution in [3.05, 3.63) is 53.1 Å². The molecule has 0 fully saturated rings. The summed E-state index contributed by atoms with van der Waals surface area (Å²) in [5, 5.41) is 17.0. The van der Waals surface area contributed by atoms with Gasteiger partial charge < -0.3 is 10.1 Å². The molecule has 0 aliphatic carbocycles. The Hall–Kier alpha value is -2.93. The number of hydrogen-bond acceptors (Lipinski definition) is 5. The first-order chi connectivity index (χ1) is 11.2. The van der Waals surface area contributed by atoms with Crippen LogP contribution >= 0.6 is 11.6 Å². The number of halogens is 1. The molecule has 0 unspecified atom stereocenters. The predicted molar refractivity (Wildman–Crippen MR) is 85.6 cm³/mol. The first kappa shape index (κ1) is 15.0. The second-order valence-corrected chi connectivity index (χ2v) is 5.05. The summed E-state index contributed by atoms with van der Waals surface area (Å²) in [5.74, 6) is 0.667. The highest BCUT2D eigenvalue weighted by Crippen LogP contribution is 2.28. The number of nitrogens with one attached hydrogen (secondary N) is 2. The molecule has 7 nitrogen and oxygen atoms in total. The summed E-state index contributed by atoms with van der Waals surface area (Å²) in [5.41, 5.74) is 1.56. The average molecular weight is 330 g/mol. The van der Waals surface area contributed by atoms with Gasteiger partial charge in [-0.3, -0.25) is 4.79 Å². The molecule has 1 amide bonds. The van der Waals surface area contributed by atoms with E-state index in [-0.39, 0.29) is 5.91 Å². The number of amides is 1. The molecule has 0 saturated heterocycles. The SMILES string of the molecule is COc1cccc(C(=O)Nc2cc(Cl)ccc2-c2nn[nH]n2)c1. The molecule has 116 valence electrons. The van der Waals surface area contributed by atoms with Crippen LogP contribution in [0.25, 0.3) is 11.4 Å². The van der Waals surface area contributed by atoms with E-state index in [1.807, 2.05) is 0 Å². The maximum Gasteiger partial charge on any atom is 0.255 e. The Labute approximate surface area is 136 Å². The largest absolute Gasteiger partial charge is 0.497 e. The molecule has 0 atom stereocenters. The number of methoxy groups -OCH3 is 1. The van der Waals surface area contributed by atoms with Gasteiger partial charge in [0.1, 0.15) is 5.75 Å². The molecule has 23 heavy (non-hydrogen) atoms. The fourth-order valence-electron chi connectivity index (χ4n) is 2.05. The Morgan fingerprint density at radius 3 is 2.87 bits per heavy atom. The van der Waals surface area contributed by atoms with Crippen LogP contribution in [0.4, 0.5) is 5.69 Å². The van der Waals surface area contributed by atoms with Crippen LogP contribution in [0.3, 0.4) is 0 Å². The lowest BCUT2D eigenvalue weighted by Crippen LogP contribution is -2.13. The summed E-state index contributed by atoms with van der Waals surface area (Å²) < 4.78 is 5.12. The number of tetrazole rings is 1. The summed E-state index contributed by atoms with van der Waals surface area (Å²) in [6.45, 7) is 0. The maximum absolute atomic E-state index is 12.4. The molecule has 0 spiro atoms. The van der Waals surface area contributed by atoms with E-state index >= 15 is 0 Å². The molecule has 3 aromatic rings. The normalized spacial score (nSPS) is 10.3. The summed E-state index contributed by atoms with van der Waals surface area (Å²) in [4.78, 5) is 12.4. The number of nitrogens with zero attached hydrogens (tertiary/aromatic N) is 3. The van der Waals surface area contributed by atoms with Crippen molar-refractivity contribution >= 4 is 23.2 Å². The first-order valence-corrected chi connectivity index (χ1v) is 7.04. The molecule has 0 aliphatic heterocycles. The molecule has 2 N–H and O–H groups in total. The second-order valence-electron chi connectivity index (χ2n) is 4.61. The number of ether oxygens (including phenoxy) is 1. The van der Waals surface area contributed by atoms with Crippen LogP contribution in [-0.4, -0.2) is 33.6 Å². The van der Waals surface area contributed by atoms with E-state index in [4.69, 9.17) is 16.3 Å². The zero-order valence-corrected chi connectivity index (χ0v) is 12.8. The molecule has 8 heteroatoms. The van der Waals surface area contributed by atoms with E-state index in [0.717, 1.165) is 0 Å². The topological polar surface area (TPSA) is 92.8 Å². The number of carbonyl (C=O) groups is 1. The summed E-state index contributed by atoms with van der Waals surface area (Å²) >= 11 is 6.02. The lowest BCUT2D eigenvalue weighted by Gasteiger charge is -2.10. The van der Waals surface area contributed by atoms with E-state index in [1.54, 1.807) is 49.6 Å². The molecule has 1 aromatic heterocycles. The second kappa shape index (κ2) is 6.45. The van der Waals surface area contributed by atoms with Crippen molar-refractivity contribution in [2.75, 3.05) is 12.4 Å². The van der Waals surface area contributed by atoms with Crippen molar-refractivity contribution in [3.8, 4) is 17.1 Å². The van der Waals surface area contributed by atoms with Crippen LogP contribution in [0.5, 0.6) is 5.75 Å². The van der Waals surface area contributed by atoms with Gasteiger partial charge in [-0.1, -0.05) is 17.7 Å². The number of aromatic amines is 1. The quantitative estimate of drug-likeness (QED) is 0.767. The van der Waals surface area contributed by atoms with Gasteiger partial charge in [0.2, 0.25) is 5.82 Å². The van der Waals surface area contributed by atoms with E-state index in [9.17, 15) is 4.79 Å². The fourth-order valence-corrected chi connectivity index (χ4v) is 2.22. The van der Waals surface area contributed by atoms with Gasteiger partial charge in [-0.05, 0) is 41.6 Å². The van der Waals surface area contributed by atoms with Crippen LogP contribution in [0.15, 0.2) is 42.5 Å². The maximum atomic E-state index is 12.4. The molecule has 2 aromatic carbocycles. The summed E-state index contributed by atoms with van der Waals surface area (Å²) in [6.07, 6.45) is 0. The Morgan fingerprint density at radius 2 is 2.13 bits per heavy atom. The number of carbonyl (C=O) groups excluding carboxylic acids is 1. The van der Waals surface area contributed by atoms with Gasteiger partial charge in [-0.25, -0.2) is 0 Å². The standard InChI is InChI=1S/C15H12ClN5O2/c1-23-11-4-2-3-9(7-11)15(22)17-13-8-10(16)5-6-12(13)14-18-20-21-19-14/h2-8H,1H3,(H,17,22)(H,18,19,20,21). The van der Waals surface area contributed by atoms with Crippen molar-refractivity contribution in [2.45, 2.75) is 0 Å². The monoisotopic (exact) mass is 329 g/mol. The smallest absolute Gasteiger partial charge is 0.255 e. The van der Waals surface area contributed by atoms with Gasteiger partial charge in [0.15, 0.2) is 0 Å². The highest BCUT2D eigenvalue weighted by atomic mass is 35.5. The molecular weight excluding hydrogens is 318 g/mol. The van der Waals surface area contributed by atoms with Gasteiger partial charge in [-0.2, -0.15) is 5.21 Å². The van der Waals surface area contributed by atoms with Crippen LogP contribution < -0.4 is 10.1 Å². The van der Waals surface area contributed by atoms with E-state index in [0.29, 0.717) is 33.4 Å². The third kappa shape index (κ3) is 3.29. The van der Waals surface area contributed by atoms with Gasteiger partial charge in [0.25, 0.3) is 5.91 Å². The third-order valence-electron chi connectivity index (χ3n) is 3.15. The van der Waals surface area contributed by atoms with E-state index in [1.165, 1.54) is 0 Å². The van der Waals surface area contributed by atoms with Crippen molar-refractivity contribution in [1.82, 2.24) is 20.6 Å². The van der Waals surface area contributed by atoms with Gasteiger partial charge in [-0.15, -0.1) is 10.2 Å². The first-order valence-electron chi connectivity index (χ1n) is 6.66. The Kier molecular flexibility index (Phi) is 4.20. The minimum Gasteiger partial charge on any atom is -0.497 e. The van der Waals surface area contributed by atoms with Crippen LogP contribution in [0, 0.1) is 0 Å². The molecule has 0 bridgehead atoms. The van der Waals surface area contributed by atoms with E-state index in [2.05, 4.69) is 25.9 Å². The third-order valence-corrected chi connectivity index (χ3v) is 3.38. The molecule has 1 heterocycles. The number of rotatable bonds is 4. The minimum atomic E-state index is -0.295. The van der Waals surface area contributed by atoms with E-state index < -0.39 is 0 Å².